The molecule has 0 aliphatic carbocycles. The molecule has 88 valence electrons. The highest BCUT2D eigenvalue weighted by Crippen LogP contribution is 2.21. The van der Waals surface area contributed by atoms with Gasteiger partial charge < -0.3 is 15.8 Å². The third-order valence-corrected chi connectivity index (χ3v) is 2.54. The van der Waals surface area contributed by atoms with Gasteiger partial charge >= 0.3 is 0 Å². The van der Waals surface area contributed by atoms with E-state index in [1.165, 1.54) is 0 Å². The Labute approximate surface area is 95.8 Å². The number of methoxy groups -OCH3 is 1. The molecule has 0 heterocycles. The fourth-order valence-electron chi connectivity index (χ4n) is 1.41. The summed E-state index contributed by atoms with van der Waals surface area (Å²) in [6.07, 6.45) is 0.438. The smallest absolute Gasteiger partial charge is 0.166 e. The standard InChI is InChI=1S/C12H18N2O2/c1-8(14-2)6-12(15)10-5-4-9(16-3)7-11(10)13/h4-5,7-8,14H,6,13H2,1-3H3. The molecule has 3 N–H and O–H groups in total. The van der Waals surface area contributed by atoms with Gasteiger partial charge in [0, 0.05) is 29.8 Å². The van der Waals surface area contributed by atoms with Crippen molar-refractivity contribution in [2.45, 2.75) is 19.4 Å². The highest BCUT2D eigenvalue weighted by molar-refractivity contribution is 6.01. The SMILES string of the molecule is CNC(C)CC(=O)c1ccc(OC)cc1N. The molecule has 0 spiro atoms. The van der Waals surface area contributed by atoms with E-state index in [-0.39, 0.29) is 11.8 Å². The van der Waals surface area contributed by atoms with Gasteiger partial charge in [-0.2, -0.15) is 0 Å². The molecular formula is C12H18N2O2. The Kier molecular flexibility index (Phi) is 4.31. The lowest BCUT2D eigenvalue weighted by Crippen LogP contribution is -2.24. The van der Waals surface area contributed by atoms with Crippen molar-refractivity contribution in [3.63, 3.8) is 0 Å². The van der Waals surface area contributed by atoms with E-state index in [1.54, 1.807) is 25.3 Å². The molecule has 0 saturated heterocycles. The van der Waals surface area contributed by atoms with E-state index in [0.29, 0.717) is 23.4 Å². The summed E-state index contributed by atoms with van der Waals surface area (Å²) in [5.74, 6) is 0.706. The highest BCUT2D eigenvalue weighted by Gasteiger charge is 2.13. The van der Waals surface area contributed by atoms with Crippen molar-refractivity contribution < 1.29 is 9.53 Å². The number of ketones is 1. The monoisotopic (exact) mass is 222 g/mol. The Morgan fingerprint density at radius 3 is 2.75 bits per heavy atom. The van der Waals surface area contributed by atoms with Crippen LogP contribution in [0.2, 0.25) is 0 Å². The molecule has 0 radical (unpaired) electrons. The quantitative estimate of drug-likeness (QED) is 0.584. The van der Waals surface area contributed by atoms with Crippen LogP contribution in [-0.2, 0) is 0 Å². The number of Topliss-reactive ketones (excluding diaryl/α,β-unsaturated/α-hetero) is 1. The Morgan fingerprint density at radius 2 is 2.25 bits per heavy atom. The average Bonchev–Trinajstić information content (AvgIpc) is 2.28. The molecule has 1 unspecified atom stereocenters. The van der Waals surface area contributed by atoms with Crippen molar-refractivity contribution in [1.82, 2.24) is 5.32 Å². The topological polar surface area (TPSA) is 64.3 Å². The van der Waals surface area contributed by atoms with Crippen LogP contribution in [0.4, 0.5) is 5.69 Å². The molecule has 0 bridgehead atoms. The number of hydrogen-bond acceptors (Lipinski definition) is 4. The van der Waals surface area contributed by atoms with Crippen LogP contribution < -0.4 is 15.8 Å². The Balaban J connectivity index is 2.84. The molecule has 1 aromatic carbocycles. The molecule has 4 heteroatoms. The van der Waals surface area contributed by atoms with Crippen molar-refractivity contribution in [3.05, 3.63) is 23.8 Å². The molecule has 1 aromatic rings. The largest absolute Gasteiger partial charge is 0.497 e. The van der Waals surface area contributed by atoms with E-state index in [0.717, 1.165) is 0 Å². The number of carbonyl (C=O) groups excluding carboxylic acids is 1. The summed E-state index contributed by atoms with van der Waals surface area (Å²) in [5, 5.41) is 3.02. The lowest BCUT2D eigenvalue weighted by Gasteiger charge is -2.11. The molecular weight excluding hydrogens is 204 g/mol. The predicted octanol–water partition coefficient (Wildman–Crippen LogP) is 1.46. The van der Waals surface area contributed by atoms with Crippen molar-refractivity contribution in [2.24, 2.45) is 0 Å². The second-order valence-electron chi connectivity index (χ2n) is 3.77. The van der Waals surface area contributed by atoms with Gasteiger partial charge in [-0.25, -0.2) is 0 Å². The van der Waals surface area contributed by atoms with Gasteiger partial charge in [-0.3, -0.25) is 4.79 Å². The van der Waals surface area contributed by atoms with Crippen LogP contribution in [0.15, 0.2) is 18.2 Å². The Hall–Kier alpha value is -1.55. The zero-order valence-corrected chi connectivity index (χ0v) is 9.91. The van der Waals surface area contributed by atoms with Crippen molar-refractivity contribution in [2.75, 3.05) is 19.9 Å². The zero-order chi connectivity index (χ0) is 12.1. The fraction of sp³-hybridized carbons (Fsp3) is 0.417. The van der Waals surface area contributed by atoms with E-state index >= 15 is 0 Å². The molecule has 0 fully saturated rings. The van der Waals surface area contributed by atoms with E-state index in [2.05, 4.69) is 5.32 Å². The normalized spacial score (nSPS) is 12.2. The highest BCUT2D eigenvalue weighted by atomic mass is 16.5. The third-order valence-electron chi connectivity index (χ3n) is 2.54. The summed E-state index contributed by atoms with van der Waals surface area (Å²) in [7, 11) is 3.40. The summed E-state index contributed by atoms with van der Waals surface area (Å²) in [5.41, 5.74) is 6.82. The molecule has 0 amide bonds. The number of rotatable bonds is 5. The minimum absolute atomic E-state index is 0.0435. The summed E-state index contributed by atoms with van der Waals surface area (Å²) in [6.45, 7) is 1.96. The van der Waals surface area contributed by atoms with Crippen LogP contribution in [0, 0.1) is 0 Å². The van der Waals surface area contributed by atoms with Crippen molar-refractivity contribution >= 4 is 11.5 Å². The number of benzene rings is 1. The van der Waals surface area contributed by atoms with E-state index in [1.807, 2.05) is 14.0 Å². The van der Waals surface area contributed by atoms with Crippen molar-refractivity contribution in [3.8, 4) is 5.75 Å². The van der Waals surface area contributed by atoms with Gasteiger partial charge in [0.1, 0.15) is 5.75 Å². The Bertz CT molecular complexity index is 377. The van der Waals surface area contributed by atoms with Gasteiger partial charge in [-0.05, 0) is 26.1 Å². The molecule has 0 aliphatic heterocycles. The minimum Gasteiger partial charge on any atom is -0.497 e. The van der Waals surface area contributed by atoms with Crippen LogP contribution in [0.25, 0.3) is 0 Å². The van der Waals surface area contributed by atoms with Gasteiger partial charge in [0.05, 0.1) is 7.11 Å². The summed E-state index contributed by atoms with van der Waals surface area (Å²) < 4.78 is 5.03. The van der Waals surface area contributed by atoms with Gasteiger partial charge in [0.15, 0.2) is 5.78 Å². The molecule has 0 saturated carbocycles. The number of ether oxygens (including phenoxy) is 1. The third kappa shape index (κ3) is 2.97. The predicted molar refractivity (Wildman–Crippen MR) is 64.9 cm³/mol. The van der Waals surface area contributed by atoms with Crippen LogP contribution >= 0.6 is 0 Å². The molecule has 0 aromatic heterocycles. The second kappa shape index (κ2) is 5.51. The first-order valence-electron chi connectivity index (χ1n) is 5.22. The van der Waals surface area contributed by atoms with Gasteiger partial charge in [-0.15, -0.1) is 0 Å². The Morgan fingerprint density at radius 1 is 1.56 bits per heavy atom. The molecule has 16 heavy (non-hydrogen) atoms. The van der Waals surface area contributed by atoms with E-state index < -0.39 is 0 Å². The molecule has 4 nitrogen and oxygen atoms in total. The maximum atomic E-state index is 11.9. The number of anilines is 1. The summed E-state index contributed by atoms with van der Waals surface area (Å²) in [6, 6.07) is 5.26. The van der Waals surface area contributed by atoms with Crippen LogP contribution in [-0.4, -0.2) is 26.0 Å². The van der Waals surface area contributed by atoms with Crippen LogP contribution in [0.1, 0.15) is 23.7 Å². The fourth-order valence-corrected chi connectivity index (χ4v) is 1.41. The number of carbonyl (C=O) groups is 1. The van der Waals surface area contributed by atoms with Gasteiger partial charge in [-0.1, -0.05) is 0 Å². The van der Waals surface area contributed by atoms with Crippen molar-refractivity contribution in [1.29, 1.82) is 0 Å². The minimum atomic E-state index is 0.0435. The number of nitrogens with one attached hydrogen (secondary N) is 1. The average molecular weight is 222 g/mol. The summed E-state index contributed by atoms with van der Waals surface area (Å²) in [4.78, 5) is 11.9. The number of hydrogen-bond donors (Lipinski definition) is 2. The maximum absolute atomic E-state index is 11.9. The zero-order valence-electron chi connectivity index (χ0n) is 9.91. The number of nitrogens with two attached hydrogens (primary N) is 1. The molecule has 1 rings (SSSR count). The lowest BCUT2D eigenvalue weighted by molar-refractivity contribution is 0.0973. The lowest BCUT2D eigenvalue weighted by atomic mass is 10.0. The van der Waals surface area contributed by atoms with Gasteiger partial charge in [0.2, 0.25) is 0 Å². The number of nitrogen functional groups attached to an aromatic ring is 1. The first kappa shape index (κ1) is 12.5. The molecule has 0 aliphatic rings. The summed E-state index contributed by atoms with van der Waals surface area (Å²) >= 11 is 0. The van der Waals surface area contributed by atoms with Gasteiger partial charge in [0.25, 0.3) is 0 Å². The van der Waals surface area contributed by atoms with Crippen LogP contribution in [0.5, 0.6) is 5.75 Å². The van der Waals surface area contributed by atoms with Crippen LogP contribution in [0.3, 0.4) is 0 Å². The first-order valence-corrected chi connectivity index (χ1v) is 5.22. The first-order chi connectivity index (χ1) is 7.58. The van der Waals surface area contributed by atoms with E-state index in [4.69, 9.17) is 10.5 Å². The molecule has 1 atom stereocenters. The van der Waals surface area contributed by atoms with E-state index in [9.17, 15) is 4.79 Å². The maximum Gasteiger partial charge on any atom is 0.166 e. The second-order valence-corrected chi connectivity index (χ2v) is 3.77.